The minimum Gasteiger partial charge on any atom is -0.465 e. The van der Waals surface area contributed by atoms with Crippen LogP contribution in [-0.2, 0) is 11.8 Å². The topological polar surface area (TPSA) is 44.1 Å². The van der Waals surface area contributed by atoms with E-state index in [1.165, 1.54) is 10.9 Å². The summed E-state index contributed by atoms with van der Waals surface area (Å²) in [5.74, 6) is -2.96. The van der Waals surface area contributed by atoms with Crippen LogP contribution in [0.1, 0.15) is 10.4 Å². The summed E-state index contributed by atoms with van der Waals surface area (Å²) in [5.41, 5.74) is 0.158. The molecule has 0 N–H and O–H groups in total. The molecule has 0 aliphatic rings. The number of benzene rings is 1. The van der Waals surface area contributed by atoms with Crippen LogP contribution in [0.3, 0.4) is 0 Å². The first-order valence-corrected chi connectivity index (χ1v) is 5.10. The lowest BCUT2D eigenvalue weighted by molar-refractivity contribution is 0.0590. The number of hydrogen-bond acceptors (Lipinski definition) is 3. The highest BCUT2D eigenvalue weighted by Gasteiger charge is 2.20. The molecule has 0 aliphatic heterocycles. The van der Waals surface area contributed by atoms with Crippen molar-refractivity contribution in [2.45, 2.75) is 0 Å². The highest BCUT2D eigenvalue weighted by molar-refractivity contribution is 5.90. The summed E-state index contributed by atoms with van der Waals surface area (Å²) in [6.45, 7) is 0. The minimum atomic E-state index is -1.04. The van der Waals surface area contributed by atoms with E-state index >= 15 is 0 Å². The summed E-state index contributed by atoms with van der Waals surface area (Å²) in [6, 6.07) is 3.77. The summed E-state index contributed by atoms with van der Waals surface area (Å²) in [7, 11) is 2.72. The molecule has 1 aromatic heterocycles. The third kappa shape index (κ3) is 1.97. The van der Waals surface area contributed by atoms with Gasteiger partial charge < -0.3 is 4.74 Å². The van der Waals surface area contributed by atoms with Crippen molar-refractivity contribution in [1.29, 1.82) is 0 Å². The number of ether oxygens (including phenoxy) is 1. The van der Waals surface area contributed by atoms with Crippen molar-refractivity contribution < 1.29 is 18.3 Å². The van der Waals surface area contributed by atoms with Crippen molar-refractivity contribution in [3.63, 3.8) is 0 Å². The molecule has 0 amide bonds. The van der Waals surface area contributed by atoms with Crippen LogP contribution in [0.25, 0.3) is 11.3 Å². The zero-order valence-corrected chi connectivity index (χ0v) is 9.78. The lowest BCUT2D eigenvalue weighted by Gasteiger charge is -2.07. The molecule has 1 heterocycles. The molecule has 1 aromatic carbocycles. The molecule has 0 unspecified atom stereocenters. The first-order valence-electron chi connectivity index (χ1n) is 5.10. The molecular formula is C12H10F2N2O2. The quantitative estimate of drug-likeness (QED) is 0.769. The normalized spacial score (nSPS) is 10.4. The van der Waals surface area contributed by atoms with Crippen molar-refractivity contribution in [3.05, 3.63) is 41.6 Å². The van der Waals surface area contributed by atoms with E-state index in [1.54, 1.807) is 13.1 Å². The van der Waals surface area contributed by atoms with E-state index < -0.39 is 23.2 Å². The first kappa shape index (κ1) is 12.2. The monoisotopic (exact) mass is 252 g/mol. The van der Waals surface area contributed by atoms with Crippen LogP contribution in [-0.4, -0.2) is 22.9 Å². The van der Waals surface area contributed by atoms with Crippen LogP contribution in [0.2, 0.25) is 0 Å². The van der Waals surface area contributed by atoms with Crippen LogP contribution in [0.15, 0.2) is 24.4 Å². The number of aryl methyl sites for hydroxylation is 1. The Bertz CT molecular complexity index is 585. The van der Waals surface area contributed by atoms with Crippen molar-refractivity contribution in [2.75, 3.05) is 7.11 Å². The Morgan fingerprint density at radius 2 is 1.94 bits per heavy atom. The van der Waals surface area contributed by atoms with Crippen molar-refractivity contribution in [2.24, 2.45) is 7.05 Å². The number of carbonyl (C=O) groups is 1. The smallest absolute Gasteiger partial charge is 0.343 e. The van der Waals surface area contributed by atoms with E-state index in [0.717, 1.165) is 19.2 Å². The third-order valence-electron chi connectivity index (χ3n) is 2.55. The molecule has 2 aromatic rings. The highest BCUT2D eigenvalue weighted by Crippen LogP contribution is 2.24. The molecule has 0 aliphatic carbocycles. The third-order valence-corrected chi connectivity index (χ3v) is 2.55. The summed E-state index contributed by atoms with van der Waals surface area (Å²) in [6.07, 6.45) is 1.51. The largest absolute Gasteiger partial charge is 0.465 e. The molecule has 0 saturated heterocycles. The standard InChI is InChI=1S/C12H10F2N2O2/c1-16-10(3-4-15-16)7-5-8(13)11(9(14)6-7)12(17)18-2/h3-6H,1-2H3. The molecule has 0 atom stereocenters. The van der Waals surface area contributed by atoms with E-state index in [1.807, 2.05) is 0 Å². The molecule has 0 saturated carbocycles. The number of methoxy groups -OCH3 is 1. The predicted molar refractivity (Wildman–Crippen MR) is 59.9 cm³/mol. The van der Waals surface area contributed by atoms with Gasteiger partial charge in [-0.1, -0.05) is 0 Å². The maximum Gasteiger partial charge on any atom is 0.343 e. The van der Waals surface area contributed by atoms with Crippen molar-refractivity contribution in [1.82, 2.24) is 9.78 Å². The van der Waals surface area contributed by atoms with E-state index in [9.17, 15) is 13.6 Å². The van der Waals surface area contributed by atoms with Gasteiger partial charge in [0.2, 0.25) is 0 Å². The fraction of sp³-hybridized carbons (Fsp3) is 0.167. The van der Waals surface area contributed by atoms with Crippen molar-refractivity contribution >= 4 is 5.97 Å². The molecule has 94 valence electrons. The average molecular weight is 252 g/mol. The summed E-state index contributed by atoms with van der Waals surface area (Å²) in [5, 5.41) is 3.91. The van der Waals surface area contributed by atoms with Crippen LogP contribution >= 0.6 is 0 Å². The number of carbonyl (C=O) groups excluding carboxylic acids is 1. The first-order chi connectivity index (χ1) is 8.54. The molecular weight excluding hydrogens is 242 g/mol. The van der Waals surface area contributed by atoms with Crippen LogP contribution in [0, 0.1) is 11.6 Å². The van der Waals surface area contributed by atoms with Crippen LogP contribution in [0.4, 0.5) is 8.78 Å². The zero-order chi connectivity index (χ0) is 13.3. The highest BCUT2D eigenvalue weighted by atomic mass is 19.1. The van der Waals surface area contributed by atoms with Crippen LogP contribution in [0.5, 0.6) is 0 Å². The molecule has 0 bridgehead atoms. The van der Waals surface area contributed by atoms with E-state index in [0.29, 0.717) is 11.3 Å². The molecule has 0 spiro atoms. The molecule has 18 heavy (non-hydrogen) atoms. The number of esters is 1. The fourth-order valence-electron chi connectivity index (χ4n) is 1.68. The Balaban J connectivity index is 2.56. The van der Waals surface area contributed by atoms with Gasteiger partial charge in [-0.05, 0) is 18.2 Å². The zero-order valence-electron chi connectivity index (χ0n) is 9.78. The maximum atomic E-state index is 13.7. The predicted octanol–water partition coefficient (Wildman–Crippen LogP) is 2.15. The average Bonchev–Trinajstić information content (AvgIpc) is 2.74. The van der Waals surface area contributed by atoms with Crippen LogP contribution < -0.4 is 0 Å². The number of rotatable bonds is 2. The van der Waals surface area contributed by atoms with Gasteiger partial charge in [0, 0.05) is 18.8 Å². The number of halogens is 2. The Kier molecular flexibility index (Phi) is 3.10. The Morgan fingerprint density at radius 3 is 2.39 bits per heavy atom. The Morgan fingerprint density at radius 1 is 1.33 bits per heavy atom. The molecule has 0 fully saturated rings. The summed E-state index contributed by atoms with van der Waals surface area (Å²) in [4.78, 5) is 11.2. The van der Waals surface area contributed by atoms with E-state index in [4.69, 9.17) is 0 Å². The maximum absolute atomic E-state index is 13.7. The molecule has 2 rings (SSSR count). The molecule has 6 heteroatoms. The second-order valence-electron chi connectivity index (χ2n) is 3.65. The van der Waals surface area contributed by atoms with Gasteiger partial charge in [0.25, 0.3) is 0 Å². The number of hydrogen-bond donors (Lipinski definition) is 0. The van der Waals surface area contributed by atoms with Gasteiger partial charge >= 0.3 is 5.97 Å². The second kappa shape index (κ2) is 4.56. The summed E-state index contributed by atoms with van der Waals surface area (Å²) < 4.78 is 33.2. The van der Waals surface area contributed by atoms with E-state index in [2.05, 4.69) is 9.84 Å². The van der Waals surface area contributed by atoms with Gasteiger partial charge in [0.15, 0.2) is 0 Å². The van der Waals surface area contributed by atoms with Gasteiger partial charge in [-0.25, -0.2) is 13.6 Å². The number of aromatic nitrogens is 2. The minimum absolute atomic E-state index is 0.303. The van der Waals surface area contributed by atoms with Gasteiger partial charge in [-0.2, -0.15) is 5.10 Å². The van der Waals surface area contributed by atoms with Gasteiger partial charge in [-0.3, -0.25) is 4.68 Å². The van der Waals surface area contributed by atoms with Crippen molar-refractivity contribution in [3.8, 4) is 11.3 Å². The van der Waals surface area contributed by atoms with Gasteiger partial charge in [0.1, 0.15) is 17.2 Å². The fourth-order valence-corrected chi connectivity index (χ4v) is 1.68. The number of nitrogens with zero attached hydrogens (tertiary/aromatic N) is 2. The second-order valence-corrected chi connectivity index (χ2v) is 3.65. The van der Waals surface area contributed by atoms with E-state index in [-0.39, 0.29) is 0 Å². The molecule has 0 radical (unpaired) electrons. The Hall–Kier alpha value is -2.24. The van der Waals surface area contributed by atoms with Gasteiger partial charge in [0.05, 0.1) is 12.8 Å². The van der Waals surface area contributed by atoms with Gasteiger partial charge in [-0.15, -0.1) is 0 Å². The SMILES string of the molecule is COC(=O)c1c(F)cc(-c2ccnn2C)cc1F. The lowest BCUT2D eigenvalue weighted by Crippen LogP contribution is -2.08. The Labute approximate surface area is 102 Å². The summed E-state index contributed by atoms with van der Waals surface area (Å²) >= 11 is 0. The molecule has 4 nitrogen and oxygen atoms in total. The lowest BCUT2D eigenvalue weighted by atomic mass is 10.1.